The highest BCUT2D eigenvalue weighted by atomic mass is 28.4. The molecule has 0 spiro atoms. The summed E-state index contributed by atoms with van der Waals surface area (Å²) in [7, 11) is -1.71. The Morgan fingerprint density at radius 2 is 1.57 bits per heavy atom. The second-order valence-corrected chi connectivity index (χ2v) is 15.1. The van der Waals surface area contributed by atoms with E-state index in [9.17, 15) is 4.79 Å². The monoisotopic (exact) mass is 342 g/mol. The van der Waals surface area contributed by atoms with Gasteiger partial charge in [-0.2, -0.15) is 0 Å². The van der Waals surface area contributed by atoms with Crippen LogP contribution in [0.3, 0.4) is 0 Å². The summed E-state index contributed by atoms with van der Waals surface area (Å²) >= 11 is 0. The molecule has 3 heteroatoms. The Bertz CT molecular complexity index is 364. The molecule has 0 fully saturated rings. The second kappa shape index (κ2) is 8.29. The van der Waals surface area contributed by atoms with E-state index in [4.69, 9.17) is 4.43 Å². The van der Waals surface area contributed by atoms with Gasteiger partial charge in [0.25, 0.3) is 0 Å². The van der Waals surface area contributed by atoms with E-state index in [0.29, 0.717) is 12.3 Å². The summed E-state index contributed by atoms with van der Waals surface area (Å²) in [5.74, 6) is 0.661. The summed E-state index contributed by atoms with van der Waals surface area (Å²) < 4.78 is 6.60. The molecule has 0 aliphatic heterocycles. The van der Waals surface area contributed by atoms with E-state index in [-0.39, 0.29) is 16.1 Å². The van der Waals surface area contributed by atoms with Crippen LogP contribution in [0.4, 0.5) is 0 Å². The van der Waals surface area contributed by atoms with E-state index in [1.165, 1.54) is 12.8 Å². The summed E-state index contributed by atoms with van der Waals surface area (Å²) in [4.78, 5) is 10.7. The maximum atomic E-state index is 10.7. The van der Waals surface area contributed by atoms with Gasteiger partial charge in [-0.3, -0.25) is 0 Å². The van der Waals surface area contributed by atoms with Crippen LogP contribution in [-0.4, -0.2) is 20.2 Å². The van der Waals surface area contributed by atoms with E-state index in [1.807, 2.05) is 0 Å². The van der Waals surface area contributed by atoms with Gasteiger partial charge < -0.3 is 9.22 Å². The van der Waals surface area contributed by atoms with Crippen LogP contribution in [0.15, 0.2) is 0 Å². The fourth-order valence-electron chi connectivity index (χ4n) is 3.13. The number of carbonyl (C=O) groups excluding carboxylic acids is 1. The number of carbonyl (C=O) groups is 1. The van der Waals surface area contributed by atoms with Crippen molar-refractivity contribution in [3.05, 3.63) is 0 Å². The van der Waals surface area contributed by atoms with Gasteiger partial charge in [0, 0.05) is 6.42 Å². The minimum atomic E-state index is -1.71. The van der Waals surface area contributed by atoms with Crippen molar-refractivity contribution >= 4 is 14.6 Å². The third-order valence-corrected chi connectivity index (χ3v) is 10.0. The van der Waals surface area contributed by atoms with Crippen molar-refractivity contribution in [1.82, 2.24) is 0 Å². The van der Waals surface area contributed by atoms with Crippen molar-refractivity contribution in [2.75, 3.05) is 0 Å². The van der Waals surface area contributed by atoms with Crippen LogP contribution in [0, 0.1) is 11.3 Å². The summed E-state index contributed by atoms with van der Waals surface area (Å²) in [5.41, 5.74) is 0.0926. The van der Waals surface area contributed by atoms with E-state index < -0.39 is 8.32 Å². The summed E-state index contributed by atoms with van der Waals surface area (Å²) in [6.07, 6.45) is 6.36. The first-order chi connectivity index (χ1) is 10.1. The van der Waals surface area contributed by atoms with Gasteiger partial charge >= 0.3 is 0 Å². The lowest BCUT2D eigenvalue weighted by Gasteiger charge is -2.43. The predicted octanol–water partition coefficient (Wildman–Crippen LogP) is 6.60. The molecule has 0 rings (SSSR count). The minimum absolute atomic E-state index is 0.0406. The zero-order chi connectivity index (χ0) is 18.5. The van der Waals surface area contributed by atoms with Crippen LogP contribution >= 0.6 is 0 Å². The van der Waals surface area contributed by atoms with E-state index in [0.717, 1.165) is 19.1 Å². The van der Waals surface area contributed by atoms with Crippen molar-refractivity contribution in [2.45, 2.75) is 111 Å². The summed E-state index contributed by atoms with van der Waals surface area (Å²) in [5, 5.41) is 0.260. The lowest BCUT2D eigenvalue weighted by atomic mass is 9.79. The van der Waals surface area contributed by atoms with Gasteiger partial charge in [0.2, 0.25) is 0 Å². The Morgan fingerprint density at radius 3 is 2.00 bits per heavy atom. The fraction of sp³-hybridized carbons (Fsp3) is 0.950. The lowest BCUT2D eigenvalue weighted by molar-refractivity contribution is -0.109. The number of hydrogen-bond donors (Lipinski definition) is 0. The average Bonchev–Trinajstić information content (AvgIpc) is 2.23. The minimum Gasteiger partial charge on any atom is -0.412 e. The number of aldehydes is 1. The molecule has 0 N–H and O–H groups in total. The quantitative estimate of drug-likeness (QED) is 0.330. The average molecular weight is 343 g/mol. The highest BCUT2D eigenvalue weighted by Gasteiger charge is 2.41. The Hall–Kier alpha value is -0.153. The lowest BCUT2D eigenvalue weighted by Crippen LogP contribution is -2.47. The number of rotatable bonds is 10. The molecule has 0 saturated heterocycles. The standard InChI is InChI=1S/C20H42O2Si/c1-17(16-19(5,6)14-15-21)12-11-13-20(7,8)22-23(9,10)18(2,3)4/h15,17H,11-14,16H2,1-10H3/t17-/m0/s1. The maximum Gasteiger partial charge on any atom is 0.192 e. The molecule has 0 saturated carbocycles. The molecule has 0 aliphatic rings. The molecule has 0 unspecified atom stereocenters. The molecule has 138 valence electrons. The third kappa shape index (κ3) is 9.04. The normalized spacial score (nSPS) is 15.6. The molecule has 0 aromatic carbocycles. The van der Waals surface area contributed by atoms with Crippen LogP contribution in [0.2, 0.25) is 18.1 Å². The molecule has 0 aliphatic carbocycles. The first-order valence-electron chi connectivity index (χ1n) is 9.26. The van der Waals surface area contributed by atoms with Gasteiger partial charge in [-0.1, -0.05) is 54.4 Å². The fourth-order valence-corrected chi connectivity index (χ4v) is 4.92. The molecule has 0 aromatic heterocycles. The molecule has 23 heavy (non-hydrogen) atoms. The Morgan fingerprint density at radius 1 is 1.04 bits per heavy atom. The molecule has 0 radical (unpaired) electrons. The predicted molar refractivity (Wildman–Crippen MR) is 104 cm³/mol. The van der Waals surface area contributed by atoms with Gasteiger partial charge in [-0.25, -0.2) is 0 Å². The van der Waals surface area contributed by atoms with E-state index in [1.54, 1.807) is 0 Å². The van der Waals surface area contributed by atoms with Crippen LogP contribution in [0.5, 0.6) is 0 Å². The largest absolute Gasteiger partial charge is 0.412 e. The first-order valence-corrected chi connectivity index (χ1v) is 12.2. The molecule has 0 aromatic rings. The topological polar surface area (TPSA) is 26.3 Å². The maximum absolute atomic E-state index is 10.7. The van der Waals surface area contributed by atoms with Crippen molar-refractivity contribution in [3.63, 3.8) is 0 Å². The summed E-state index contributed by atoms with van der Waals surface area (Å²) in [6, 6.07) is 0. The molecule has 0 amide bonds. The van der Waals surface area contributed by atoms with Crippen molar-refractivity contribution in [2.24, 2.45) is 11.3 Å². The Balaban J connectivity index is 4.38. The zero-order valence-electron chi connectivity index (χ0n) is 17.5. The molecule has 0 heterocycles. The van der Waals surface area contributed by atoms with Crippen molar-refractivity contribution in [3.8, 4) is 0 Å². The smallest absolute Gasteiger partial charge is 0.192 e. The van der Waals surface area contributed by atoms with E-state index >= 15 is 0 Å². The van der Waals surface area contributed by atoms with Gasteiger partial charge in [-0.15, -0.1) is 0 Å². The van der Waals surface area contributed by atoms with Crippen LogP contribution in [-0.2, 0) is 9.22 Å². The van der Waals surface area contributed by atoms with Gasteiger partial charge in [0.15, 0.2) is 8.32 Å². The van der Waals surface area contributed by atoms with Crippen LogP contribution < -0.4 is 0 Å². The SMILES string of the molecule is C[C@@H](CCCC(C)(C)O[Si](C)(C)C(C)(C)C)CC(C)(C)CC=O. The second-order valence-electron chi connectivity index (χ2n) is 10.4. The van der Waals surface area contributed by atoms with Crippen molar-refractivity contribution < 1.29 is 9.22 Å². The van der Waals surface area contributed by atoms with Gasteiger partial charge in [0.05, 0.1) is 5.60 Å². The molecular formula is C20H42O2Si. The van der Waals surface area contributed by atoms with Gasteiger partial charge in [0.1, 0.15) is 6.29 Å². The van der Waals surface area contributed by atoms with Crippen molar-refractivity contribution in [1.29, 1.82) is 0 Å². The third-order valence-electron chi connectivity index (χ3n) is 5.35. The highest BCUT2D eigenvalue weighted by Crippen LogP contribution is 2.40. The van der Waals surface area contributed by atoms with Crippen LogP contribution in [0.25, 0.3) is 0 Å². The van der Waals surface area contributed by atoms with Crippen LogP contribution in [0.1, 0.15) is 87.5 Å². The Labute approximate surface area is 146 Å². The van der Waals surface area contributed by atoms with E-state index in [2.05, 4.69) is 68.5 Å². The molecular weight excluding hydrogens is 300 g/mol. The van der Waals surface area contributed by atoms with Gasteiger partial charge in [-0.05, 0) is 56.2 Å². The highest BCUT2D eigenvalue weighted by molar-refractivity contribution is 6.74. The number of hydrogen-bond acceptors (Lipinski definition) is 2. The summed E-state index contributed by atoms with van der Waals surface area (Å²) in [6.45, 7) is 22.8. The molecule has 1 atom stereocenters. The molecule has 2 nitrogen and oxygen atoms in total. The molecule has 0 bridgehead atoms. The Kier molecular flexibility index (Phi) is 8.23. The zero-order valence-corrected chi connectivity index (χ0v) is 18.5. The first kappa shape index (κ1) is 22.8.